The molecule has 6 nitrogen and oxygen atoms in total. The predicted octanol–water partition coefficient (Wildman–Crippen LogP) is 3.02. The fourth-order valence-corrected chi connectivity index (χ4v) is 5.01. The number of rotatable bonds is 5. The smallest absolute Gasteiger partial charge is 0.259 e. The van der Waals surface area contributed by atoms with Gasteiger partial charge in [-0.3, -0.25) is 9.69 Å². The lowest BCUT2D eigenvalue weighted by Crippen LogP contribution is -2.37. The molecule has 1 aliphatic heterocycles. The maximum Gasteiger partial charge on any atom is 0.259 e. The fraction of sp³-hybridized carbons (Fsp3) is 0.429. The lowest BCUT2D eigenvalue weighted by molar-refractivity contribution is 0.0674. The molecule has 0 aliphatic carbocycles. The van der Waals surface area contributed by atoms with E-state index >= 15 is 0 Å². The molecule has 1 atom stereocenters. The van der Waals surface area contributed by atoms with Gasteiger partial charge in [-0.25, -0.2) is 4.98 Å². The number of hydrogen-bond donors (Lipinski definition) is 1. The topological polar surface area (TPSA) is 67.6 Å². The monoisotopic (exact) mass is 399 g/mol. The standard InChI is InChI=1S/C21H25N3O3S/c1-3-27-19-9-14(6-7-22-19)18-13-23(2)21(26)17-10-16(28-20(17)18)12-24-8-4-5-15(25)11-24/h6-7,9-10,13,15,25H,3-5,8,11-12H2,1-2H3. The van der Waals surface area contributed by atoms with Crippen LogP contribution in [-0.4, -0.2) is 45.4 Å². The molecule has 148 valence electrons. The van der Waals surface area contributed by atoms with Crippen molar-refractivity contribution in [3.63, 3.8) is 0 Å². The molecule has 1 saturated heterocycles. The summed E-state index contributed by atoms with van der Waals surface area (Å²) in [6.07, 6.45) is 5.26. The van der Waals surface area contributed by atoms with E-state index in [2.05, 4.69) is 9.88 Å². The number of aromatic nitrogens is 2. The minimum Gasteiger partial charge on any atom is -0.478 e. The molecule has 1 N–H and O–H groups in total. The van der Waals surface area contributed by atoms with Crippen LogP contribution >= 0.6 is 11.3 Å². The van der Waals surface area contributed by atoms with Gasteiger partial charge in [0.15, 0.2) is 0 Å². The van der Waals surface area contributed by atoms with Crippen molar-refractivity contribution in [2.45, 2.75) is 32.4 Å². The number of piperidine rings is 1. The molecule has 1 unspecified atom stereocenters. The van der Waals surface area contributed by atoms with Crippen LogP contribution in [0.2, 0.25) is 0 Å². The Hall–Kier alpha value is -2.22. The summed E-state index contributed by atoms with van der Waals surface area (Å²) in [5, 5.41) is 10.7. The number of ether oxygens (including phenoxy) is 1. The number of hydrogen-bond acceptors (Lipinski definition) is 6. The summed E-state index contributed by atoms with van der Waals surface area (Å²) in [6.45, 7) is 4.94. The number of aryl methyl sites for hydroxylation is 1. The van der Waals surface area contributed by atoms with Gasteiger partial charge in [-0.2, -0.15) is 0 Å². The van der Waals surface area contributed by atoms with Gasteiger partial charge in [0.25, 0.3) is 5.56 Å². The number of aliphatic hydroxyl groups is 1. The van der Waals surface area contributed by atoms with Crippen LogP contribution in [0.5, 0.6) is 5.88 Å². The summed E-state index contributed by atoms with van der Waals surface area (Å²) >= 11 is 1.66. The number of likely N-dealkylation sites (tertiary alicyclic amines) is 1. The summed E-state index contributed by atoms with van der Waals surface area (Å²) in [7, 11) is 1.79. The average molecular weight is 400 g/mol. The highest BCUT2D eigenvalue weighted by atomic mass is 32.1. The van der Waals surface area contributed by atoms with Gasteiger partial charge in [0.2, 0.25) is 5.88 Å². The average Bonchev–Trinajstić information content (AvgIpc) is 3.09. The summed E-state index contributed by atoms with van der Waals surface area (Å²) in [6, 6.07) is 5.88. The van der Waals surface area contributed by atoms with Gasteiger partial charge in [-0.05, 0) is 44.0 Å². The van der Waals surface area contributed by atoms with Gasteiger partial charge >= 0.3 is 0 Å². The molecule has 0 spiro atoms. The van der Waals surface area contributed by atoms with Gasteiger partial charge < -0.3 is 14.4 Å². The first-order valence-electron chi connectivity index (χ1n) is 9.67. The van der Waals surface area contributed by atoms with E-state index in [0.29, 0.717) is 19.0 Å². The lowest BCUT2D eigenvalue weighted by Gasteiger charge is -2.29. The van der Waals surface area contributed by atoms with Gasteiger partial charge in [0.1, 0.15) is 0 Å². The molecule has 0 amide bonds. The second-order valence-corrected chi connectivity index (χ2v) is 8.40. The Morgan fingerprint density at radius 1 is 1.39 bits per heavy atom. The zero-order valence-corrected chi connectivity index (χ0v) is 17.0. The third-order valence-electron chi connectivity index (χ3n) is 5.10. The van der Waals surface area contributed by atoms with Crippen molar-refractivity contribution in [1.29, 1.82) is 0 Å². The number of pyridine rings is 2. The fourth-order valence-electron chi connectivity index (χ4n) is 3.78. The maximum absolute atomic E-state index is 12.7. The Bertz CT molecular complexity index is 1040. The summed E-state index contributed by atoms with van der Waals surface area (Å²) < 4.78 is 8.17. The van der Waals surface area contributed by atoms with E-state index in [1.54, 1.807) is 29.1 Å². The first-order chi connectivity index (χ1) is 13.5. The van der Waals surface area contributed by atoms with Crippen molar-refractivity contribution >= 4 is 21.4 Å². The molecule has 3 aromatic rings. The number of aliphatic hydroxyl groups excluding tert-OH is 1. The minimum absolute atomic E-state index is 0.0130. The largest absolute Gasteiger partial charge is 0.478 e. The maximum atomic E-state index is 12.7. The van der Waals surface area contributed by atoms with E-state index in [1.165, 1.54) is 0 Å². The van der Waals surface area contributed by atoms with Crippen molar-refractivity contribution in [1.82, 2.24) is 14.5 Å². The number of thiophene rings is 1. The summed E-state index contributed by atoms with van der Waals surface area (Å²) in [5.74, 6) is 0.584. The van der Waals surface area contributed by atoms with Crippen LogP contribution in [0.4, 0.5) is 0 Å². The first-order valence-corrected chi connectivity index (χ1v) is 10.5. The minimum atomic E-state index is -0.250. The van der Waals surface area contributed by atoms with Gasteiger partial charge in [-0.15, -0.1) is 11.3 Å². The summed E-state index contributed by atoms with van der Waals surface area (Å²) in [4.78, 5) is 20.4. The van der Waals surface area contributed by atoms with Crippen LogP contribution < -0.4 is 10.3 Å². The molecule has 1 fully saturated rings. The number of β-amino-alcohol motifs (C(OH)–C–C–N with tert-alkyl or cyclic N) is 1. The van der Waals surface area contributed by atoms with Gasteiger partial charge in [0.05, 0.1) is 18.1 Å². The number of fused-ring (bicyclic) bond motifs is 1. The molecule has 0 bridgehead atoms. The molecule has 0 aromatic carbocycles. The molecule has 4 heterocycles. The van der Waals surface area contributed by atoms with Gasteiger partial charge in [0, 0.05) is 53.7 Å². The van der Waals surface area contributed by atoms with Crippen LogP contribution in [0.15, 0.2) is 35.4 Å². The van der Waals surface area contributed by atoms with E-state index in [1.807, 2.05) is 31.3 Å². The Morgan fingerprint density at radius 3 is 3.04 bits per heavy atom. The molecule has 0 radical (unpaired) electrons. The molecular formula is C21H25N3O3S. The normalized spacial score (nSPS) is 17.9. The highest BCUT2D eigenvalue weighted by Crippen LogP contribution is 2.34. The Morgan fingerprint density at radius 2 is 2.25 bits per heavy atom. The molecule has 3 aromatic heterocycles. The van der Waals surface area contributed by atoms with Crippen molar-refractivity contribution in [3.8, 4) is 17.0 Å². The second kappa shape index (κ2) is 8.03. The summed E-state index contributed by atoms with van der Waals surface area (Å²) in [5.41, 5.74) is 2.01. The van der Waals surface area contributed by atoms with Crippen LogP contribution in [0.3, 0.4) is 0 Å². The van der Waals surface area contributed by atoms with Crippen LogP contribution in [-0.2, 0) is 13.6 Å². The second-order valence-electron chi connectivity index (χ2n) is 7.26. The molecule has 4 rings (SSSR count). The van der Waals surface area contributed by atoms with E-state index < -0.39 is 0 Å². The quantitative estimate of drug-likeness (QED) is 0.714. The Labute approximate surface area is 168 Å². The lowest BCUT2D eigenvalue weighted by atomic mass is 10.1. The SMILES string of the molecule is CCOc1cc(-c2cn(C)c(=O)c3cc(CN4CCCC(O)C4)sc23)ccn1. The highest BCUT2D eigenvalue weighted by molar-refractivity contribution is 7.19. The van der Waals surface area contributed by atoms with Crippen molar-refractivity contribution in [2.75, 3.05) is 19.7 Å². The van der Waals surface area contributed by atoms with Crippen molar-refractivity contribution in [3.05, 3.63) is 45.8 Å². The molecule has 28 heavy (non-hydrogen) atoms. The van der Waals surface area contributed by atoms with E-state index in [0.717, 1.165) is 52.0 Å². The van der Waals surface area contributed by atoms with E-state index in [4.69, 9.17) is 4.74 Å². The van der Waals surface area contributed by atoms with Crippen LogP contribution in [0.25, 0.3) is 21.2 Å². The molecule has 0 saturated carbocycles. The first kappa shape index (κ1) is 19.1. The van der Waals surface area contributed by atoms with E-state index in [9.17, 15) is 9.90 Å². The molecule has 7 heteroatoms. The number of nitrogens with zero attached hydrogens (tertiary/aromatic N) is 3. The third-order valence-corrected chi connectivity index (χ3v) is 6.25. The van der Waals surface area contributed by atoms with E-state index in [-0.39, 0.29) is 11.7 Å². The third kappa shape index (κ3) is 3.83. The zero-order chi connectivity index (χ0) is 19.7. The zero-order valence-electron chi connectivity index (χ0n) is 16.2. The van der Waals surface area contributed by atoms with Crippen LogP contribution in [0.1, 0.15) is 24.6 Å². The highest BCUT2D eigenvalue weighted by Gasteiger charge is 2.20. The molecule has 1 aliphatic rings. The van der Waals surface area contributed by atoms with Crippen LogP contribution in [0, 0.1) is 0 Å². The Kier molecular flexibility index (Phi) is 5.48. The predicted molar refractivity (Wildman–Crippen MR) is 112 cm³/mol. The molecular weight excluding hydrogens is 374 g/mol. The van der Waals surface area contributed by atoms with Crippen molar-refractivity contribution < 1.29 is 9.84 Å². The Balaban J connectivity index is 1.75. The van der Waals surface area contributed by atoms with Gasteiger partial charge in [-0.1, -0.05) is 0 Å². The van der Waals surface area contributed by atoms with Crippen molar-refractivity contribution in [2.24, 2.45) is 7.05 Å².